The number of nitrogens with one attached hydrogen (secondary N) is 2. The minimum atomic E-state index is 0.267. The molecule has 0 fully saturated rings. The van der Waals surface area contributed by atoms with Crippen LogP contribution in [0.1, 0.15) is 18.2 Å². The summed E-state index contributed by atoms with van der Waals surface area (Å²) in [5, 5.41) is 18.8. The second-order valence-electron chi connectivity index (χ2n) is 5.23. The number of anilines is 1. The Morgan fingerprint density at radius 2 is 2.00 bits per heavy atom. The van der Waals surface area contributed by atoms with Gasteiger partial charge in [0.1, 0.15) is 5.75 Å². The molecule has 0 saturated heterocycles. The lowest BCUT2D eigenvalue weighted by Crippen LogP contribution is -2.36. The van der Waals surface area contributed by atoms with E-state index in [1.54, 1.807) is 23.5 Å². The van der Waals surface area contributed by atoms with Crippen LogP contribution in [0.25, 0.3) is 0 Å². The Bertz CT molecular complexity index is 636. The Hall–Kier alpha value is -2.28. The molecule has 2 rings (SSSR count). The molecule has 0 bridgehead atoms. The van der Waals surface area contributed by atoms with Gasteiger partial charge >= 0.3 is 0 Å². The molecule has 1 aromatic carbocycles. The van der Waals surface area contributed by atoms with E-state index >= 15 is 0 Å². The molecule has 6 nitrogen and oxygen atoms in total. The summed E-state index contributed by atoms with van der Waals surface area (Å²) >= 11 is 1.63. The number of aromatic nitrogens is 1. The first-order valence-electron chi connectivity index (χ1n) is 7.50. The molecule has 7 heteroatoms. The second kappa shape index (κ2) is 8.38. The number of hydrogen-bond donors (Lipinski definition) is 3. The maximum absolute atomic E-state index is 9.30. The van der Waals surface area contributed by atoms with Gasteiger partial charge in [0.2, 0.25) is 0 Å². The number of guanidine groups is 1. The third kappa shape index (κ3) is 5.45. The summed E-state index contributed by atoms with van der Waals surface area (Å²) in [5.41, 5.74) is 2.04. The lowest BCUT2D eigenvalue weighted by Gasteiger charge is -2.10. The van der Waals surface area contributed by atoms with Crippen molar-refractivity contribution in [1.82, 2.24) is 15.6 Å². The predicted octanol–water partition coefficient (Wildman–Crippen LogP) is 2.17. The molecule has 0 atom stereocenters. The number of aliphatic imine (C=N–C) groups is 1. The van der Waals surface area contributed by atoms with Crippen LogP contribution in [0.2, 0.25) is 0 Å². The van der Waals surface area contributed by atoms with Crippen LogP contribution in [0.5, 0.6) is 5.75 Å². The maximum atomic E-state index is 9.30. The Balaban J connectivity index is 1.94. The van der Waals surface area contributed by atoms with Crippen molar-refractivity contribution >= 4 is 22.4 Å². The Morgan fingerprint density at radius 3 is 2.61 bits per heavy atom. The SMILES string of the molecule is CCNC(=NCc1ccc(O)cc1)NCc1csc(N(C)C)n1. The van der Waals surface area contributed by atoms with Gasteiger partial charge in [0, 0.05) is 26.0 Å². The van der Waals surface area contributed by atoms with Gasteiger partial charge in [0.25, 0.3) is 0 Å². The number of benzene rings is 1. The molecule has 3 N–H and O–H groups in total. The van der Waals surface area contributed by atoms with Gasteiger partial charge in [-0.2, -0.15) is 0 Å². The predicted molar refractivity (Wildman–Crippen MR) is 96.2 cm³/mol. The zero-order valence-corrected chi connectivity index (χ0v) is 14.5. The van der Waals surface area contributed by atoms with E-state index in [4.69, 9.17) is 0 Å². The molecule has 0 aliphatic carbocycles. The van der Waals surface area contributed by atoms with Crippen molar-refractivity contribution in [1.29, 1.82) is 0 Å². The van der Waals surface area contributed by atoms with Crippen LogP contribution < -0.4 is 15.5 Å². The van der Waals surface area contributed by atoms with E-state index in [0.29, 0.717) is 13.1 Å². The largest absolute Gasteiger partial charge is 0.508 e. The van der Waals surface area contributed by atoms with E-state index < -0.39 is 0 Å². The quantitative estimate of drug-likeness (QED) is 0.558. The minimum Gasteiger partial charge on any atom is -0.508 e. The average molecular weight is 333 g/mol. The van der Waals surface area contributed by atoms with Crippen LogP contribution >= 0.6 is 11.3 Å². The van der Waals surface area contributed by atoms with Gasteiger partial charge in [-0.15, -0.1) is 11.3 Å². The highest BCUT2D eigenvalue weighted by Crippen LogP contribution is 2.17. The first kappa shape index (κ1) is 17.1. The number of rotatable bonds is 6. The van der Waals surface area contributed by atoms with Crippen molar-refractivity contribution in [3.63, 3.8) is 0 Å². The average Bonchev–Trinajstić information content (AvgIpc) is 3.01. The molecular weight excluding hydrogens is 310 g/mol. The Kier molecular flexibility index (Phi) is 6.22. The van der Waals surface area contributed by atoms with Gasteiger partial charge in [-0.3, -0.25) is 0 Å². The first-order chi connectivity index (χ1) is 11.1. The summed E-state index contributed by atoms with van der Waals surface area (Å²) in [6.07, 6.45) is 0. The summed E-state index contributed by atoms with van der Waals surface area (Å²) in [6, 6.07) is 7.07. The van der Waals surface area contributed by atoms with Gasteiger partial charge < -0.3 is 20.6 Å². The molecule has 124 valence electrons. The van der Waals surface area contributed by atoms with Crippen LogP contribution in [-0.4, -0.2) is 36.7 Å². The topological polar surface area (TPSA) is 72.8 Å². The highest BCUT2D eigenvalue weighted by molar-refractivity contribution is 7.13. The molecule has 1 aromatic heterocycles. The number of phenols is 1. The van der Waals surface area contributed by atoms with E-state index in [-0.39, 0.29) is 5.75 Å². The van der Waals surface area contributed by atoms with E-state index in [1.807, 2.05) is 43.4 Å². The van der Waals surface area contributed by atoms with Gasteiger partial charge in [-0.05, 0) is 24.6 Å². The molecule has 0 radical (unpaired) electrons. The molecule has 2 aromatic rings. The zero-order chi connectivity index (χ0) is 16.7. The van der Waals surface area contributed by atoms with Crippen molar-refractivity contribution < 1.29 is 5.11 Å². The number of aromatic hydroxyl groups is 1. The Morgan fingerprint density at radius 1 is 1.26 bits per heavy atom. The van der Waals surface area contributed by atoms with Gasteiger partial charge in [0.15, 0.2) is 11.1 Å². The van der Waals surface area contributed by atoms with E-state index in [9.17, 15) is 5.11 Å². The van der Waals surface area contributed by atoms with Crippen LogP contribution in [-0.2, 0) is 13.1 Å². The molecule has 0 spiro atoms. The molecule has 0 unspecified atom stereocenters. The first-order valence-corrected chi connectivity index (χ1v) is 8.38. The fourth-order valence-electron chi connectivity index (χ4n) is 1.87. The number of thiazole rings is 1. The van der Waals surface area contributed by atoms with Crippen molar-refractivity contribution in [3.05, 3.63) is 40.9 Å². The van der Waals surface area contributed by atoms with Gasteiger partial charge in [-0.25, -0.2) is 9.98 Å². The maximum Gasteiger partial charge on any atom is 0.191 e. The number of phenolic OH excluding ortho intramolecular Hbond substituents is 1. The van der Waals surface area contributed by atoms with Crippen molar-refractivity contribution in [3.8, 4) is 5.75 Å². The van der Waals surface area contributed by atoms with Crippen LogP contribution in [0, 0.1) is 0 Å². The zero-order valence-electron chi connectivity index (χ0n) is 13.7. The third-order valence-electron chi connectivity index (χ3n) is 3.06. The number of hydrogen-bond acceptors (Lipinski definition) is 5. The highest BCUT2D eigenvalue weighted by Gasteiger charge is 2.04. The van der Waals surface area contributed by atoms with Gasteiger partial charge in [-0.1, -0.05) is 12.1 Å². The molecule has 0 saturated carbocycles. The smallest absolute Gasteiger partial charge is 0.191 e. The lowest BCUT2D eigenvalue weighted by atomic mass is 10.2. The second-order valence-corrected chi connectivity index (χ2v) is 6.07. The van der Waals surface area contributed by atoms with Crippen LogP contribution in [0.15, 0.2) is 34.6 Å². The van der Waals surface area contributed by atoms with E-state index in [0.717, 1.165) is 28.9 Å². The highest BCUT2D eigenvalue weighted by atomic mass is 32.1. The molecule has 0 amide bonds. The summed E-state index contributed by atoms with van der Waals surface area (Å²) in [6.45, 7) is 4.01. The van der Waals surface area contributed by atoms with Gasteiger partial charge in [0.05, 0.1) is 18.8 Å². The summed E-state index contributed by atoms with van der Waals surface area (Å²) in [4.78, 5) is 11.1. The van der Waals surface area contributed by atoms with Crippen molar-refractivity contribution in [2.75, 3.05) is 25.5 Å². The summed E-state index contributed by atoms with van der Waals surface area (Å²) in [5.74, 6) is 1.02. The standard InChI is InChI=1S/C16H23N5OS/c1-4-17-15(18-9-12-5-7-14(22)8-6-12)19-10-13-11-23-16(20-13)21(2)3/h5-8,11,22H,4,9-10H2,1-3H3,(H2,17,18,19). The summed E-state index contributed by atoms with van der Waals surface area (Å²) < 4.78 is 0. The molecule has 23 heavy (non-hydrogen) atoms. The fraction of sp³-hybridized carbons (Fsp3) is 0.375. The monoisotopic (exact) mass is 333 g/mol. The van der Waals surface area contributed by atoms with Crippen molar-refractivity contribution in [2.24, 2.45) is 4.99 Å². The van der Waals surface area contributed by atoms with Crippen molar-refractivity contribution in [2.45, 2.75) is 20.0 Å². The van der Waals surface area contributed by atoms with Crippen LogP contribution in [0.3, 0.4) is 0 Å². The van der Waals surface area contributed by atoms with E-state index in [2.05, 4.69) is 20.6 Å². The molecule has 1 heterocycles. The lowest BCUT2D eigenvalue weighted by molar-refractivity contribution is 0.475. The molecular formula is C16H23N5OS. The number of nitrogens with zero attached hydrogens (tertiary/aromatic N) is 3. The fourth-order valence-corrected chi connectivity index (χ4v) is 2.63. The van der Waals surface area contributed by atoms with Crippen LogP contribution in [0.4, 0.5) is 5.13 Å². The molecule has 0 aliphatic rings. The Labute approximate surface area is 140 Å². The minimum absolute atomic E-state index is 0.267. The summed E-state index contributed by atoms with van der Waals surface area (Å²) in [7, 11) is 3.97. The molecule has 0 aliphatic heterocycles. The normalized spacial score (nSPS) is 11.3. The van der Waals surface area contributed by atoms with E-state index in [1.165, 1.54) is 0 Å². The third-order valence-corrected chi connectivity index (χ3v) is 4.12.